The molecule has 0 spiro atoms. The van der Waals surface area contributed by atoms with Crippen LogP contribution in [0.1, 0.15) is 13.8 Å². The van der Waals surface area contributed by atoms with Gasteiger partial charge in [0.1, 0.15) is 0 Å². The summed E-state index contributed by atoms with van der Waals surface area (Å²) in [6.45, 7) is 6.42. The Labute approximate surface area is 95.8 Å². The SMILES string of the molecule is CNC(=O)NC(=O)C(C)N1CCNC(C)C1. The first-order chi connectivity index (χ1) is 7.54. The van der Waals surface area contributed by atoms with Crippen molar-refractivity contribution in [2.45, 2.75) is 25.9 Å². The van der Waals surface area contributed by atoms with E-state index in [1.165, 1.54) is 7.05 Å². The maximum absolute atomic E-state index is 11.7. The Morgan fingerprint density at radius 3 is 2.75 bits per heavy atom. The fourth-order valence-electron chi connectivity index (χ4n) is 1.76. The number of nitrogens with one attached hydrogen (secondary N) is 3. The van der Waals surface area contributed by atoms with Gasteiger partial charge in [0, 0.05) is 32.7 Å². The Morgan fingerprint density at radius 1 is 1.50 bits per heavy atom. The molecule has 6 heteroatoms. The average molecular weight is 228 g/mol. The van der Waals surface area contributed by atoms with Crippen LogP contribution in [-0.2, 0) is 4.79 Å². The van der Waals surface area contributed by atoms with Gasteiger partial charge in [0.05, 0.1) is 6.04 Å². The quantitative estimate of drug-likeness (QED) is 0.574. The minimum Gasteiger partial charge on any atom is -0.341 e. The third-order valence-corrected chi connectivity index (χ3v) is 2.79. The van der Waals surface area contributed by atoms with E-state index in [0.29, 0.717) is 6.04 Å². The maximum atomic E-state index is 11.7. The Morgan fingerprint density at radius 2 is 2.19 bits per heavy atom. The molecule has 0 aromatic carbocycles. The second-order valence-corrected chi connectivity index (χ2v) is 4.09. The molecule has 3 amide bonds. The van der Waals surface area contributed by atoms with Crippen LogP contribution in [0.25, 0.3) is 0 Å². The van der Waals surface area contributed by atoms with Crippen LogP contribution in [-0.4, -0.2) is 55.6 Å². The highest BCUT2D eigenvalue weighted by Crippen LogP contribution is 2.04. The zero-order valence-corrected chi connectivity index (χ0v) is 10.0. The molecule has 0 aromatic rings. The number of imide groups is 1. The van der Waals surface area contributed by atoms with Gasteiger partial charge < -0.3 is 10.6 Å². The molecule has 1 aliphatic heterocycles. The van der Waals surface area contributed by atoms with Crippen molar-refractivity contribution in [2.24, 2.45) is 0 Å². The van der Waals surface area contributed by atoms with Crippen molar-refractivity contribution in [1.82, 2.24) is 20.9 Å². The second-order valence-electron chi connectivity index (χ2n) is 4.09. The molecule has 0 aromatic heterocycles. The lowest BCUT2D eigenvalue weighted by Gasteiger charge is -2.35. The maximum Gasteiger partial charge on any atom is 0.321 e. The summed E-state index contributed by atoms with van der Waals surface area (Å²) >= 11 is 0. The molecule has 92 valence electrons. The number of carbonyl (C=O) groups is 2. The summed E-state index contributed by atoms with van der Waals surface area (Å²) in [5.74, 6) is -0.256. The van der Waals surface area contributed by atoms with Crippen LogP contribution in [0.4, 0.5) is 4.79 Å². The minimum atomic E-state index is -0.458. The molecular weight excluding hydrogens is 208 g/mol. The summed E-state index contributed by atoms with van der Waals surface area (Å²) in [6, 6.07) is -0.356. The van der Waals surface area contributed by atoms with Gasteiger partial charge in [-0.2, -0.15) is 0 Å². The number of nitrogens with zero attached hydrogens (tertiary/aromatic N) is 1. The van der Waals surface area contributed by atoms with Crippen molar-refractivity contribution in [3.63, 3.8) is 0 Å². The number of hydrogen-bond acceptors (Lipinski definition) is 4. The molecule has 16 heavy (non-hydrogen) atoms. The van der Waals surface area contributed by atoms with E-state index in [9.17, 15) is 9.59 Å². The normalized spacial score (nSPS) is 23.6. The Hall–Kier alpha value is -1.14. The molecule has 1 aliphatic rings. The van der Waals surface area contributed by atoms with E-state index in [0.717, 1.165) is 19.6 Å². The van der Waals surface area contributed by atoms with Crippen molar-refractivity contribution in [2.75, 3.05) is 26.7 Å². The molecule has 1 fully saturated rings. The highest BCUT2D eigenvalue weighted by Gasteiger charge is 2.25. The smallest absolute Gasteiger partial charge is 0.321 e. The second kappa shape index (κ2) is 5.81. The van der Waals surface area contributed by atoms with Gasteiger partial charge in [-0.25, -0.2) is 4.79 Å². The van der Waals surface area contributed by atoms with Gasteiger partial charge >= 0.3 is 6.03 Å². The van der Waals surface area contributed by atoms with Crippen LogP contribution in [0.2, 0.25) is 0 Å². The minimum absolute atomic E-state index is 0.256. The predicted octanol–water partition coefficient (Wildman–Crippen LogP) is -0.876. The molecule has 0 aliphatic carbocycles. The van der Waals surface area contributed by atoms with E-state index in [2.05, 4.69) is 27.8 Å². The summed E-state index contributed by atoms with van der Waals surface area (Å²) in [5, 5.41) is 7.96. The molecule has 0 saturated carbocycles. The highest BCUT2D eigenvalue weighted by molar-refractivity contribution is 5.96. The largest absolute Gasteiger partial charge is 0.341 e. The summed E-state index contributed by atoms with van der Waals surface area (Å²) in [6.07, 6.45) is 0. The molecule has 2 atom stereocenters. The van der Waals surface area contributed by atoms with Gasteiger partial charge in [-0.3, -0.25) is 15.0 Å². The van der Waals surface area contributed by atoms with E-state index >= 15 is 0 Å². The standard InChI is InChI=1S/C10H20N4O2/c1-7-6-14(5-4-12-7)8(2)9(15)13-10(16)11-3/h7-8,12H,4-6H2,1-3H3,(H2,11,13,15,16). The predicted molar refractivity (Wildman–Crippen MR) is 61.1 cm³/mol. The monoisotopic (exact) mass is 228 g/mol. The first kappa shape index (κ1) is 12.9. The van der Waals surface area contributed by atoms with E-state index in [1.807, 2.05) is 6.92 Å². The number of piperazine rings is 1. The summed E-state index contributed by atoms with van der Waals surface area (Å²) in [7, 11) is 1.49. The van der Waals surface area contributed by atoms with E-state index in [1.54, 1.807) is 0 Å². The van der Waals surface area contributed by atoms with Gasteiger partial charge in [0.2, 0.25) is 5.91 Å². The summed E-state index contributed by atoms with van der Waals surface area (Å²) in [4.78, 5) is 24.8. The molecule has 3 N–H and O–H groups in total. The number of carbonyl (C=O) groups excluding carboxylic acids is 2. The summed E-state index contributed by atoms with van der Waals surface area (Å²) in [5.41, 5.74) is 0. The lowest BCUT2D eigenvalue weighted by molar-refractivity contribution is -0.125. The van der Waals surface area contributed by atoms with Gasteiger partial charge in [-0.1, -0.05) is 0 Å². The van der Waals surface area contributed by atoms with E-state index in [-0.39, 0.29) is 11.9 Å². The third-order valence-electron chi connectivity index (χ3n) is 2.79. The topological polar surface area (TPSA) is 73.5 Å². The highest BCUT2D eigenvalue weighted by atomic mass is 16.2. The molecule has 0 radical (unpaired) electrons. The molecule has 6 nitrogen and oxygen atoms in total. The zero-order valence-electron chi connectivity index (χ0n) is 10.0. The molecule has 1 heterocycles. The number of urea groups is 1. The third kappa shape index (κ3) is 3.46. The fraction of sp³-hybridized carbons (Fsp3) is 0.800. The van der Waals surface area contributed by atoms with E-state index < -0.39 is 6.03 Å². The average Bonchev–Trinajstić information content (AvgIpc) is 2.27. The fourth-order valence-corrected chi connectivity index (χ4v) is 1.76. The van der Waals surface area contributed by atoms with Crippen LogP contribution in [0, 0.1) is 0 Å². The lowest BCUT2D eigenvalue weighted by atomic mass is 10.1. The molecule has 2 unspecified atom stereocenters. The van der Waals surface area contributed by atoms with Crippen molar-refractivity contribution in [1.29, 1.82) is 0 Å². The van der Waals surface area contributed by atoms with Gasteiger partial charge in [-0.15, -0.1) is 0 Å². The van der Waals surface area contributed by atoms with Crippen molar-refractivity contribution < 1.29 is 9.59 Å². The Bertz CT molecular complexity index is 270. The Balaban J connectivity index is 2.46. The Kier molecular flexibility index (Phi) is 4.70. The number of rotatable bonds is 2. The van der Waals surface area contributed by atoms with Crippen molar-refractivity contribution in [3.05, 3.63) is 0 Å². The number of amides is 3. The van der Waals surface area contributed by atoms with Gasteiger partial charge in [0.25, 0.3) is 0 Å². The van der Waals surface area contributed by atoms with Crippen molar-refractivity contribution in [3.8, 4) is 0 Å². The first-order valence-corrected chi connectivity index (χ1v) is 5.54. The van der Waals surface area contributed by atoms with Crippen LogP contribution in [0.5, 0.6) is 0 Å². The molecule has 1 saturated heterocycles. The zero-order chi connectivity index (χ0) is 12.1. The molecule has 1 rings (SSSR count). The molecule has 0 bridgehead atoms. The van der Waals surface area contributed by atoms with Crippen LogP contribution in [0.15, 0.2) is 0 Å². The van der Waals surface area contributed by atoms with Gasteiger partial charge in [-0.05, 0) is 13.8 Å². The van der Waals surface area contributed by atoms with Crippen molar-refractivity contribution >= 4 is 11.9 Å². The van der Waals surface area contributed by atoms with Crippen LogP contribution in [0.3, 0.4) is 0 Å². The first-order valence-electron chi connectivity index (χ1n) is 5.54. The summed E-state index contributed by atoms with van der Waals surface area (Å²) < 4.78 is 0. The molecular formula is C10H20N4O2. The van der Waals surface area contributed by atoms with Gasteiger partial charge in [0.15, 0.2) is 0 Å². The van der Waals surface area contributed by atoms with Crippen LogP contribution < -0.4 is 16.0 Å². The van der Waals surface area contributed by atoms with Crippen LogP contribution >= 0.6 is 0 Å². The number of hydrogen-bond donors (Lipinski definition) is 3. The van der Waals surface area contributed by atoms with E-state index in [4.69, 9.17) is 0 Å². The lowest BCUT2D eigenvalue weighted by Crippen LogP contribution is -2.56.